The fourth-order valence-corrected chi connectivity index (χ4v) is 5.51. The summed E-state index contributed by atoms with van der Waals surface area (Å²) in [5, 5.41) is 0. The van der Waals surface area contributed by atoms with Gasteiger partial charge in [0.1, 0.15) is 0 Å². The van der Waals surface area contributed by atoms with Crippen LogP contribution in [0.1, 0.15) is 219 Å². The van der Waals surface area contributed by atoms with Gasteiger partial charge in [0.2, 0.25) is 0 Å². The van der Waals surface area contributed by atoms with Gasteiger partial charge in [0.05, 0.1) is 0 Å². The van der Waals surface area contributed by atoms with E-state index in [-0.39, 0.29) is 11.9 Å². The maximum Gasteiger partial charge on any atom is 0.313 e. The van der Waals surface area contributed by atoms with E-state index in [4.69, 9.17) is 4.74 Å². The second-order valence-corrected chi connectivity index (χ2v) is 12.2. The first kappa shape index (κ1) is 38.1. The van der Waals surface area contributed by atoms with Crippen molar-refractivity contribution in [3.8, 4) is 0 Å². The van der Waals surface area contributed by atoms with Gasteiger partial charge in [0, 0.05) is 12.8 Å². The molecule has 0 heterocycles. The first-order chi connectivity index (χ1) is 19.2. The Morgan fingerprint density at radius 1 is 0.308 bits per heavy atom. The minimum Gasteiger partial charge on any atom is -0.393 e. The van der Waals surface area contributed by atoms with Gasteiger partial charge in [0.15, 0.2) is 0 Å². The summed E-state index contributed by atoms with van der Waals surface area (Å²) in [6, 6.07) is 0. The number of unbranched alkanes of at least 4 members (excludes halogenated alkanes) is 28. The predicted molar refractivity (Wildman–Crippen MR) is 170 cm³/mol. The van der Waals surface area contributed by atoms with Crippen LogP contribution in [0.3, 0.4) is 0 Å². The topological polar surface area (TPSA) is 43.4 Å². The number of hydrogen-bond donors (Lipinski definition) is 0. The third kappa shape index (κ3) is 33.2. The molecule has 0 unspecified atom stereocenters. The van der Waals surface area contributed by atoms with E-state index in [1.807, 2.05) is 0 Å². The number of rotatable bonds is 32. The van der Waals surface area contributed by atoms with Gasteiger partial charge in [-0.2, -0.15) is 0 Å². The molecular formula is C36H70O3. The lowest BCUT2D eigenvalue weighted by molar-refractivity contribution is -0.159. The summed E-state index contributed by atoms with van der Waals surface area (Å²) in [4.78, 5) is 23.8. The van der Waals surface area contributed by atoms with E-state index in [2.05, 4.69) is 13.8 Å². The van der Waals surface area contributed by atoms with E-state index in [1.165, 1.54) is 167 Å². The molecule has 0 bridgehead atoms. The molecule has 3 heteroatoms. The standard InChI is InChI=1S/C36H70O3/c1-3-5-7-9-11-13-15-17-19-21-23-25-27-29-31-33-35(37)39-36(38)34-32-30-28-26-24-22-20-18-16-14-12-10-8-6-4-2/h3-34H2,1-2H3. The minimum absolute atomic E-state index is 0.323. The lowest BCUT2D eigenvalue weighted by Crippen LogP contribution is -2.11. The quantitative estimate of drug-likeness (QED) is 0.0475. The lowest BCUT2D eigenvalue weighted by Gasteiger charge is -2.05. The average Bonchev–Trinajstić information content (AvgIpc) is 2.93. The molecule has 0 saturated carbocycles. The van der Waals surface area contributed by atoms with Crippen molar-refractivity contribution in [1.29, 1.82) is 0 Å². The molecule has 0 amide bonds. The molecule has 0 aliphatic heterocycles. The Hall–Kier alpha value is -0.860. The summed E-state index contributed by atoms with van der Waals surface area (Å²) in [5.41, 5.74) is 0. The van der Waals surface area contributed by atoms with Crippen LogP contribution in [0.25, 0.3) is 0 Å². The highest BCUT2D eigenvalue weighted by Gasteiger charge is 2.09. The molecule has 0 atom stereocenters. The Morgan fingerprint density at radius 3 is 0.692 bits per heavy atom. The molecule has 0 aromatic carbocycles. The summed E-state index contributed by atoms with van der Waals surface area (Å²) in [6.45, 7) is 4.55. The van der Waals surface area contributed by atoms with Crippen LogP contribution in [0, 0.1) is 0 Å². The molecule has 0 aliphatic rings. The fourth-order valence-electron chi connectivity index (χ4n) is 5.51. The van der Waals surface area contributed by atoms with Gasteiger partial charge in [-0.15, -0.1) is 0 Å². The number of carbonyl (C=O) groups is 2. The highest BCUT2D eigenvalue weighted by atomic mass is 16.6. The SMILES string of the molecule is CCCCCCCCCCCCCCCCCC(=O)OC(=O)CCCCCCCCCCCCCCCCC. The van der Waals surface area contributed by atoms with E-state index in [1.54, 1.807) is 0 Å². The third-order valence-electron chi connectivity index (χ3n) is 8.20. The van der Waals surface area contributed by atoms with Gasteiger partial charge in [-0.25, -0.2) is 0 Å². The highest BCUT2D eigenvalue weighted by Crippen LogP contribution is 2.15. The molecule has 3 nitrogen and oxygen atoms in total. The molecule has 0 radical (unpaired) electrons. The number of esters is 2. The molecule has 0 saturated heterocycles. The summed E-state index contributed by atoms with van der Waals surface area (Å²) in [7, 11) is 0. The summed E-state index contributed by atoms with van der Waals surface area (Å²) >= 11 is 0. The Morgan fingerprint density at radius 2 is 0.487 bits per heavy atom. The van der Waals surface area contributed by atoms with E-state index in [0.29, 0.717) is 12.8 Å². The summed E-state index contributed by atoms with van der Waals surface area (Å²) < 4.78 is 5.01. The normalized spacial score (nSPS) is 11.2. The van der Waals surface area contributed by atoms with Crippen molar-refractivity contribution in [1.82, 2.24) is 0 Å². The minimum atomic E-state index is -0.323. The molecule has 0 spiro atoms. The molecule has 0 N–H and O–H groups in total. The average molecular weight is 551 g/mol. The molecule has 39 heavy (non-hydrogen) atoms. The Bertz CT molecular complexity index is 458. The van der Waals surface area contributed by atoms with Crippen LogP contribution in [-0.4, -0.2) is 11.9 Å². The molecule has 0 fully saturated rings. The van der Waals surface area contributed by atoms with Crippen LogP contribution in [0.5, 0.6) is 0 Å². The van der Waals surface area contributed by atoms with Crippen LogP contribution in [0.4, 0.5) is 0 Å². The van der Waals surface area contributed by atoms with E-state index >= 15 is 0 Å². The van der Waals surface area contributed by atoms with Crippen molar-refractivity contribution < 1.29 is 14.3 Å². The van der Waals surface area contributed by atoms with Crippen LogP contribution in [0.2, 0.25) is 0 Å². The largest absolute Gasteiger partial charge is 0.393 e. The van der Waals surface area contributed by atoms with Gasteiger partial charge in [0.25, 0.3) is 0 Å². The zero-order valence-corrected chi connectivity index (χ0v) is 26.9. The van der Waals surface area contributed by atoms with Crippen molar-refractivity contribution >= 4 is 11.9 Å². The first-order valence-electron chi connectivity index (χ1n) is 17.9. The zero-order valence-electron chi connectivity index (χ0n) is 26.9. The van der Waals surface area contributed by atoms with E-state index in [0.717, 1.165) is 25.7 Å². The van der Waals surface area contributed by atoms with Gasteiger partial charge < -0.3 is 4.74 Å². The zero-order chi connectivity index (χ0) is 28.5. The van der Waals surface area contributed by atoms with Crippen molar-refractivity contribution in [3.05, 3.63) is 0 Å². The van der Waals surface area contributed by atoms with Crippen LogP contribution in [-0.2, 0) is 14.3 Å². The summed E-state index contributed by atoms with van der Waals surface area (Å²) in [5.74, 6) is -0.647. The highest BCUT2D eigenvalue weighted by molar-refractivity contribution is 5.85. The maximum absolute atomic E-state index is 11.9. The molecule has 0 aromatic heterocycles. The smallest absolute Gasteiger partial charge is 0.313 e. The lowest BCUT2D eigenvalue weighted by atomic mass is 10.0. The molecule has 0 rings (SSSR count). The molecular weight excluding hydrogens is 480 g/mol. The molecule has 0 aromatic rings. The van der Waals surface area contributed by atoms with Crippen molar-refractivity contribution in [3.63, 3.8) is 0 Å². The van der Waals surface area contributed by atoms with E-state index < -0.39 is 0 Å². The number of ether oxygens (including phenoxy) is 1. The fraction of sp³-hybridized carbons (Fsp3) is 0.944. The van der Waals surface area contributed by atoms with E-state index in [9.17, 15) is 9.59 Å². The molecule has 0 aliphatic carbocycles. The Kier molecular flexibility index (Phi) is 32.6. The van der Waals surface area contributed by atoms with Crippen LogP contribution >= 0.6 is 0 Å². The van der Waals surface area contributed by atoms with Crippen molar-refractivity contribution in [2.24, 2.45) is 0 Å². The first-order valence-corrected chi connectivity index (χ1v) is 17.9. The van der Waals surface area contributed by atoms with Gasteiger partial charge in [-0.3, -0.25) is 9.59 Å². The monoisotopic (exact) mass is 551 g/mol. The van der Waals surface area contributed by atoms with Crippen molar-refractivity contribution in [2.45, 2.75) is 219 Å². The second-order valence-electron chi connectivity index (χ2n) is 12.2. The number of carbonyl (C=O) groups excluding carboxylic acids is 2. The van der Waals surface area contributed by atoms with Gasteiger partial charge in [-0.1, -0.05) is 194 Å². The summed E-state index contributed by atoms with van der Waals surface area (Å²) in [6.07, 6.45) is 40.1. The number of hydrogen-bond acceptors (Lipinski definition) is 3. The van der Waals surface area contributed by atoms with Crippen molar-refractivity contribution in [2.75, 3.05) is 0 Å². The van der Waals surface area contributed by atoms with Gasteiger partial charge >= 0.3 is 11.9 Å². The Balaban J connectivity index is 3.27. The second kappa shape index (κ2) is 33.3. The van der Waals surface area contributed by atoms with Gasteiger partial charge in [-0.05, 0) is 12.8 Å². The predicted octanol–water partition coefficient (Wildman–Crippen LogP) is 12.6. The Labute approximate surface area is 245 Å². The molecule has 232 valence electrons. The third-order valence-corrected chi connectivity index (χ3v) is 8.20. The van der Waals surface area contributed by atoms with Crippen LogP contribution in [0.15, 0.2) is 0 Å². The maximum atomic E-state index is 11.9. The van der Waals surface area contributed by atoms with Crippen LogP contribution < -0.4 is 0 Å².